The number of fused-ring (bicyclic) bond motifs is 1. The lowest BCUT2D eigenvalue weighted by Crippen LogP contribution is -2.03. The van der Waals surface area contributed by atoms with E-state index in [1.54, 1.807) is 6.07 Å². The molecular weight excluding hydrogens is 359 g/mol. The normalized spacial score (nSPS) is 9.67. The van der Waals surface area contributed by atoms with Crippen molar-refractivity contribution in [1.82, 2.24) is 0 Å². The molecule has 2 nitrogen and oxygen atoms in total. The van der Waals surface area contributed by atoms with Gasteiger partial charge in [-0.15, -0.1) is 0 Å². The topological polar surface area (TPSA) is 26.3 Å². The van der Waals surface area contributed by atoms with E-state index in [0.29, 0.717) is 5.75 Å². The quantitative estimate of drug-likeness (QED) is 0.327. The zero-order valence-electron chi connectivity index (χ0n) is 9.57. The Labute approximate surface area is 122 Å². The molecule has 0 N–H and O–H groups in total. The van der Waals surface area contributed by atoms with Crippen LogP contribution in [0.1, 0.15) is 12.5 Å². The predicted molar refractivity (Wildman–Crippen MR) is 83.7 cm³/mol. The molecule has 90 valence electrons. The van der Waals surface area contributed by atoms with Crippen molar-refractivity contribution in [3.63, 3.8) is 0 Å². The summed E-state index contributed by atoms with van der Waals surface area (Å²) in [4.78, 5) is 11.1. The molecule has 0 amide bonds. The molecule has 2 aromatic rings. The highest BCUT2D eigenvalue weighted by Crippen LogP contribution is 2.27. The van der Waals surface area contributed by atoms with Gasteiger partial charge in [0.2, 0.25) is 0 Å². The number of benzene rings is 2. The summed E-state index contributed by atoms with van der Waals surface area (Å²) in [5.74, 6) is 3.22. The number of hydrogen-bond donors (Lipinski definition) is 0. The minimum Gasteiger partial charge on any atom is -0.425 e. The van der Waals surface area contributed by atoms with Crippen molar-refractivity contribution in [2.45, 2.75) is 6.92 Å². The van der Waals surface area contributed by atoms with Crippen molar-refractivity contribution < 1.29 is 9.53 Å². The summed E-state index contributed by atoms with van der Waals surface area (Å²) in [6, 6.07) is 11.6. The Kier molecular flexibility index (Phi) is 4.50. The van der Waals surface area contributed by atoms with Crippen LogP contribution in [0.3, 0.4) is 0 Å². The van der Waals surface area contributed by atoms with Crippen LogP contribution in [0.15, 0.2) is 36.4 Å². The van der Waals surface area contributed by atoms with Crippen LogP contribution in [0.25, 0.3) is 10.8 Å². The third kappa shape index (κ3) is 2.98. The molecule has 0 aliphatic carbocycles. The first-order valence-electron chi connectivity index (χ1n) is 5.21. The maximum atomic E-state index is 11.1. The Morgan fingerprint density at radius 3 is 2.78 bits per heavy atom. The molecule has 0 atom stereocenters. The van der Waals surface area contributed by atoms with Gasteiger partial charge >= 0.3 is 5.97 Å². The number of rotatable bonds is 1. The maximum Gasteiger partial charge on any atom is 0.308 e. The first kappa shape index (κ1) is 13.2. The Morgan fingerprint density at radius 2 is 2.06 bits per heavy atom. The van der Waals surface area contributed by atoms with Crippen LogP contribution in [-0.4, -0.2) is 5.97 Å². The zero-order chi connectivity index (χ0) is 13.0. The van der Waals surface area contributed by atoms with E-state index in [0.717, 1.165) is 16.3 Å². The second kappa shape index (κ2) is 6.12. The van der Waals surface area contributed by atoms with Crippen LogP contribution < -0.4 is 4.74 Å². The van der Waals surface area contributed by atoms with Crippen LogP contribution in [0.5, 0.6) is 5.75 Å². The minimum absolute atomic E-state index is 0.338. The predicted octanol–water partition coefficient (Wildman–Crippen LogP) is 4.16. The Morgan fingerprint density at radius 1 is 1.28 bits per heavy atom. The van der Waals surface area contributed by atoms with E-state index in [-0.39, 0.29) is 5.97 Å². The van der Waals surface area contributed by atoms with Gasteiger partial charge in [0.25, 0.3) is 0 Å². The molecule has 0 bridgehead atoms. The van der Waals surface area contributed by atoms with Crippen molar-refractivity contribution in [2.75, 3.05) is 0 Å². The van der Waals surface area contributed by atoms with E-state index in [1.165, 1.54) is 15.9 Å². The van der Waals surface area contributed by atoms with Gasteiger partial charge < -0.3 is 4.74 Å². The molecule has 0 radical (unpaired) electrons. The van der Waals surface area contributed by atoms with Gasteiger partial charge in [0.05, 0.1) is 5.56 Å². The standard InChI is InChI=1S/C14H9IO2S/c1-10(16)17-14-7-6-11-4-2-3-5-12(11)13(14)8-9-18-15/h2-7H,1H3. The molecule has 0 aromatic heterocycles. The highest BCUT2D eigenvalue weighted by atomic mass is 127. The summed E-state index contributed by atoms with van der Waals surface area (Å²) in [6.45, 7) is 1.39. The van der Waals surface area contributed by atoms with E-state index < -0.39 is 0 Å². The lowest BCUT2D eigenvalue weighted by atomic mass is 10.0. The molecule has 0 unspecified atom stereocenters. The molecule has 0 fully saturated rings. The summed E-state index contributed by atoms with van der Waals surface area (Å²) >= 11 is 2.11. The van der Waals surface area contributed by atoms with Gasteiger partial charge in [0.15, 0.2) is 0 Å². The van der Waals surface area contributed by atoms with Gasteiger partial charge in [-0.25, -0.2) is 0 Å². The van der Waals surface area contributed by atoms with Gasteiger partial charge in [-0.05, 0) is 31.6 Å². The van der Waals surface area contributed by atoms with Gasteiger partial charge in [-0.2, -0.15) is 0 Å². The fourth-order valence-electron chi connectivity index (χ4n) is 1.69. The van der Waals surface area contributed by atoms with E-state index in [4.69, 9.17) is 4.74 Å². The fourth-order valence-corrected chi connectivity index (χ4v) is 2.16. The maximum absolute atomic E-state index is 11.1. The summed E-state index contributed by atoms with van der Waals surface area (Å²) in [7, 11) is 1.40. The number of halogens is 1. The second-order valence-electron chi connectivity index (χ2n) is 3.56. The van der Waals surface area contributed by atoms with Crippen molar-refractivity contribution in [3.05, 3.63) is 42.0 Å². The van der Waals surface area contributed by atoms with Gasteiger partial charge in [0.1, 0.15) is 5.75 Å². The summed E-state index contributed by atoms with van der Waals surface area (Å²) in [6.07, 6.45) is 0. The van der Waals surface area contributed by atoms with Gasteiger partial charge in [-0.3, -0.25) is 4.79 Å². The Balaban J connectivity index is 2.66. The lowest BCUT2D eigenvalue weighted by Gasteiger charge is -2.07. The highest BCUT2D eigenvalue weighted by Gasteiger charge is 2.08. The molecule has 0 spiro atoms. The average molecular weight is 368 g/mol. The van der Waals surface area contributed by atoms with Gasteiger partial charge in [0, 0.05) is 33.5 Å². The van der Waals surface area contributed by atoms with Crippen molar-refractivity contribution in [3.8, 4) is 16.9 Å². The molecule has 0 saturated carbocycles. The molecule has 0 heterocycles. The SMILES string of the molecule is CC(=O)Oc1ccc2ccccc2c1C#CSI. The molecule has 0 saturated heterocycles. The van der Waals surface area contributed by atoms with Crippen molar-refractivity contribution in [2.24, 2.45) is 0 Å². The van der Waals surface area contributed by atoms with Crippen LogP contribution >= 0.6 is 30.1 Å². The summed E-state index contributed by atoms with van der Waals surface area (Å²) < 4.78 is 5.20. The second-order valence-corrected chi connectivity index (χ2v) is 5.24. The van der Waals surface area contributed by atoms with E-state index in [9.17, 15) is 4.79 Å². The number of carbonyl (C=O) groups excluding carboxylic acids is 1. The van der Waals surface area contributed by atoms with E-state index in [1.807, 2.05) is 30.3 Å². The lowest BCUT2D eigenvalue weighted by molar-refractivity contribution is -0.131. The van der Waals surface area contributed by atoms with Crippen molar-refractivity contribution in [1.29, 1.82) is 0 Å². The number of ether oxygens (including phenoxy) is 1. The summed E-state index contributed by atoms with van der Waals surface area (Å²) in [5.41, 5.74) is 0.757. The minimum atomic E-state index is -0.338. The average Bonchev–Trinajstić information content (AvgIpc) is 2.37. The molecule has 2 aromatic carbocycles. The van der Waals surface area contributed by atoms with Crippen LogP contribution in [0.4, 0.5) is 0 Å². The molecule has 4 heteroatoms. The number of esters is 1. The zero-order valence-corrected chi connectivity index (χ0v) is 12.5. The van der Waals surface area contributed by atoms with Crippen LogP contribution in [0.2, 0.25) is 0 Å². The first-order chi connectivity index (χ1) is 8.72. The number of hydrogen-bond acceptors (Lipinski definition) is 3. The number of carbonyl (C=O) groups is 1. The third-order valence-corrected chi connectivity index (χ3v) is 3.20. The smallest absolute Gasteiger partial charge is 0.308 e. The molecule has 0 aliphatic rings. The van der Waals surface area contributed by atoms with E-state index in [2.05, 4.69) is 32.4 Å². The molecule has 0 aliphatic heterocycles. The molecule has 18 heavy (non-hydrogen) atoms. The summed E-state index contributed by atoms with van der Waals surface area (Å²) in [5, 5.41) is 5.01. The largest absolute Gasteiger partial charge is 0.425 e. The Hall–Kier alpha value is -1.19. The van der Waals surface area contributed by atoms with Crippen molar-refractivity contribution >= 4 is 46.9 Å². The monoisotopic (exact) mass is 368 g/mol. The van der Waals surface area contributed by atoms with Gasteiger partial charge in [-0.1, -0.05) is 30.3 Å². The molecular formula is C14H9IO2S. The van der Waals surface area contributed by atoms with Crippen LogP contribution in [0, 0.1) is 11.2 Å². The van der Waals surface area contributed by atoms with Crippen LogP contribution in [-0.2, 0) is 4.79 Å². The van der Waals surface area contributed by atoms with E-state index >= 15 is 0 Å². The highest BCUT2D eigenvalue weighted by molar-refractivity contribution is 14.2. The Bertz CT molecular complexity index is 656. The fraction of sp³-hybridized carbons (Fsp3) is 0.0714. The molecule has 2 rings (SSSR count). The first-order valence-corrected chi connectivity index (χ1v) is 8.57. The third-order valence-electron chi connectivity index (χ3n) is 2.36.